The molecule has 7 aromatic rings. The molecule has 18 atom stereocenters. The Morgan fingerprint density at radius 2 is 1.22 bits per heavy atom. The molecule has 40 heteroatoms. The second-order valence-electron chi connectivity index (χ2n) is 31.1. The summed E-state index contributed by atoms with van der Waals surface area (Å²) in [6, 6.07) is 4.80. The molecule has 20 N–H and O–H groups in total. The highest BCUT2D eigenvalue weighted by molar-refractivity contribution is 9.09. The van der Waals surface area contributed by atoms with Crippen LogP contribution in [0.25, 0.3) is 11.1 Å². The number of nitrogens with one attached hydrogen (secondary N) is 8. The predicted molar refractivity (Wildman–Crippen MR) is 441 cm³/mol. The number of carboxylic acids is 1. The SMILES string of the molecule is CNC1C(=O)NC2Cc3ccc(cc3)Oc3cc4cc(c3O[C@@H]3O[C@H](C(=O)OCCBr)[C@@H](O)[C@H](O)[C@H]3NC(=O)CCCCCCCCC(C)C)Oc3ccc(cc3Cl)C(O)C3NC(=O)C(NC(=O)C4NC(=O)C(NC2=O)c2cc(cc(O)c2Cl)Oc2cc1ccc2O)c1ccc(O)c(c1)-c1c(O[C@H]2O[C@H](CO)[C@@H](O)[C@H](O)[C@@H]2O)cc(O)cc1C(C(=O)O)NC3=O. The van der Waals surface area contributed by atoms with Gasteiger partial charge in [0.05, 0.1) is 16.7 Å². The molecular weight excluding hydrogens is 1750 g/mol. The van der Waals surface area contributed by atoms with Gasteiger partial charge in [0.1, 0.15) is 132 Å². The van der Waals surface area contributed by atoms with Crippen molar-refractivity contribution in [1.29, 1.82) is 0 Å². The van der Waals surface area contributed by atoms with E-state index in [1.165, 1.54) is 49.5 Å². The number of rotatable bonds is 20. The number of fused-ring (bicyclic) bond motifs is 14. The van der Waals surface area contributed by atoms with Crippen LogP contribution < -0.4 is 66.2 Å². The van der Waals surface area contributed by atoms with Crippen LogP contribution in [0.4, 0.5) is 0 Å². The normalized spacial score (nSPS) is 26.1. The minimum atomic E-state index is -2.46. The summed E-state index contributed by atoms with van der Waals surface area (Å²) in [4.78, 5) is 137. The van der Waals surface area contributed by atoms with Gasteiger partial charge >= 0.3 is 11.9 Å². The van der Waals surface area contributed by atoms with Gasteiger partial charge in [0, 0.05) is 52.6 Å². The number of carboxylic acid groups (broad SMARTS) is 1. The Morgan fingerprint density at radius 3 is 1.91 bits per heavy atom. The van der Waals surface area contributed by atoms with E-state index in [9.17, 15) is 80.5 Å². The van der Waals surface area contributed by atoms with Gasteiger partial charge in [-0.1, -0.05) is 122 Å². The van der Waals surface area contributed by atoms with Gasteiger partial charge in [-0.25, -0.2) is 9.59 Å². The van der Waals surface area contributed by atoms with Crippen LogP contribution >= 0.6 is 39.1 Å². The van der Waals surface area contributed by atoms with E-state index in [4.69, 9.17) is 61.1 Å². The zero-order valence-electron chi connectivity index (χ0n) is 66.9. The summed E-state index contributed by atoms with van der Waals surface area (Å²) in [6.07, 6.45) is -15.7. The number of aliphatic hydroxyl groups excluding tert-OH is 7. The summed E-state index contributed by atoms with van der Waals surface area (Å²) in [6.45, 7) is 3.00. The zero-order chi connectivity index (χ0) is 89.7. The zero-order valence-corrected chi connectivity index (χ0v) is 70.0. The standard InChI is InChI=1S/C85H91BrCl2N8O29/c1-35(2)10-8-6-4-5-7-9-11-58(102)91-67-70(105)72(107)75(83(117)118-23-22-86)125-84(67)124-74-55-28-40-29-56(74)121-52-21-16-39(26-47(52)87)68(103)66-81(114)95-65(82(115)116)45-30-41(98)31-54(122-85-73(108)71(106)69(104)57(34-97)123-85)59(45)44-25-37(14-19-49(44)99)62(78(111)96-66)92-79(112)63(40)93-80(113)64-46-32-43(33-51(101)60(46)88)120-53-27-38(15-20-50(53)100)61(89-3)77(110)90-48(76(109)94-64)24-36-12-17-42(119-55)18-13-36/h12-21,25-33,35,48,57,61-73,75,84-85,89,97-101,103-108H,4-11,22-24,34H2,1-3H3,(H,90,110)(H,91,102)(H,92,112)(H,93,113)(H,94,109)(H,95,114)(H,96,111)(H,115,116)/t48?,57-,61?,62?,63?,64?,65?,66?,67-,68?,69-,70-,71+,72+,73+,75+,84-,85+/m1/s1. The fourth-order valence-electron chi connectivity index (χ4n) is 15.4. The number of aromatic hydroxyl groups is 4. The number of alkyl halides is 1. The molecule has 2 saturated heterocycles. The summed E-state index contributed by atoms with van der Waals surface area (Å²) < 4.78 is 50.0. The predicted octanol–water partition coefficient (Wildman–Crippen LogP) is 5.04. The lowest BCUT2D eigenvalue weighted by atomic mass is 9.89. The molecule has 15 rings (SSSR count). The van der Waals surface area contributed by atoms with Crippen LogP contribution in [-0.2, 0) is 63.8 Å². The summed E-state index contributed by atoms with van der Waals surface area (Å²) in [5.74, 6) is -18.1. The molecule has 0 spiro atoms. The monoisotopic (exact) mass is 1840 g/mol. The number of amides is 7. The van der Waals surface area contributed by atoms with Gasteiger partial charge in [-0.05, 0) is 120 Å². The molecule has 8 aliphatic heterocycles. The van der Waals surface area contributed by atoms with Crippen LogP contribution in [0.3, 0.4) is 0 Å². The van der Waals surface area contributed by atoms with Crippen molar-refractivity contribution in [2.45, 2.75) is 181 Å². The topological polar surface area (TPSA) is 566 Å². The van der Waals surface area contributed by atoms with Crippen molar-refractivity contribution < 1.29 is 142 Å². The number of esters is 1. The molecule has 37 nitrogen and oxygen atoms in total. The molecule has 8 unspecified atom stereocenters. The molecule has 0 aromatic heterocycles. The van der Waals surface area contributed by atoms with Crippen molar-refractivity contribution in [1.82, 2.24) is 42.5 Å². The lowest BCUT2D eigenvalue weighted by Crippen LogP contribution is -2.66. The van der Waals surface area contributed by atoms with E-state index in [0.29, 0.717) is 24.3 Å². The Hall–Kier alpha value is -11.4. The number of aliphatic hydroxyl groups is 7. The Morgan fingerprint density at radius 1 is 0.568 bits per heavy atom. The number of hydrogen-bond donors (Lipinski definition) is 20. The van der Waals surface area contributed by atoms with Crippen molar-refractivity contribution in [3.8, 4) is 80.1 Å². The van der Waals surface area contributed by atoms with Crippen LogP contribution in [0.2, 0.25) is 10.0 Å². The molecule has 8 heterocycles. The number of halogens is 3. The van der Waals surface area contributed by atoms with Gasteiger partial charge in [0.15, 0.2) is 35.1 Å². The Labute approximate surface area is 730 Å². The van der Waals surface area contributed by atoms with Crippen LogP contribution in [0, 0.1) is 5.92 Å². The smallest absolute Gasteiger partial charge is 0.338 e. The summed E-state index contributed by atoms with van der Waals surface area (Å²) >= 11 is 17.4. The van der Waals surface area contributed by atoms with Crippen molar-refractivity contribution in [3.63, 3.8) is 0 Å². The van der Waals surface area contributed by atoms with Crippen LogP contribution in [-0.4, -0.2) is 214 Å². The molecule has 125 heavy (non-hydrogen) atoms. The first-order valence-corrected chi connectivity index (χ1v) is 41.8. The summed E-state index contributed by atoms with van der Waals surface area (Å²) in [5, 5.41) is 158. The van der Waals surface area contributed by atoms with Crippen molar-refractivity contribution in [2.75, 3.05) is 25.6 Å². The number of hydrogen-bond acceptors (Lipinski definition) is 29. The van der Waals surface area contributed by atoms with Gasteiger partial charge in [-0.15, -0.1) is 0 Å². The maximum atomic E-state index is 16.8. The Kier molecular flexibility index (Phi) is 28.8. The number of likely N-dealkylation sites (N-methyl/N-ethyl adjacent to an activating group) is 1. The molecular formula is C85H91BrCl2N8O29. The number of phenols is 4. The van der Waals surface area contributed by atoms with Gasteiger partial charge < -0.3 is 142 Å². The minimum Gasteiger partial charge on any atom is -0.508 e. The van der Waals surface area contributed by atoms with E-state index in [2.05, 4.69) is 72.3 Å². The highest BCUT2D eigenvalue weighted by atomic mass is 79.9. The number of carbonyl (C=O) groups excluding carboxylic acids is 8. The average Bonchev–Trinajstić information content (AvgIpc) is 0.763. The van der Waals surface area contributed by atoms with E-state index >= 15 is 24.0 Å². The maximum absolute atomic E-state index is 16.8. The fraction of sp³-hybridized carbons (Fsp3) is 0.400. The van der Waals surface area contributed by atoms with E-state index < -0.39 is 271 Å². The van der Waals surface area contributed by atoms with Gasteiger partial charge in [-0.2, -0.15) is 0 Å². The van der Waals surface area contributed by atoms with Crippen LogP contribution in [0.1, 0.15) is 140 Å². The Bertz CT molecular complexity index is 5270. The van der Waals surface area contributed by atoms with E-state index in [1.807, 2.05) is 0 Å². The van der Waals surface area contributed by atoms with Gasteiger partial charge in [-0.3, -0.25) is 33.6 Å². The third-order valence-corrected chi connectivity index (χ3v) is 23.0. The maximum Gasteiger partial charge on any atom is 0.338 e. The molecule has 0 saturated carbocycles. The fourth-order valence-corrected chi connectivity index (χ4v) is 16.0. The largest absolute Gasteiger partial charge is 0.508 e. The molecule has 7 aromatic carbocycles. The molecule has 17 bridgehead atoms. The van der Waals surface area contributed by atoms with Crippen molar-refractivity contribution >= 4 is 92.4 Å². The van der Waals surface area contributed by atoms with Gasteiger partial charge in [0.25, 0.3) is 0 Å². The highest BCUT2D eigenvalue weighted by Crippen LogP contribution is 2.51. The highest BCUT2D eigenvalue weighted by Gasteiger charge is 2.52. The molecule has 0 radical (unpaired) electrons. The third-order valence-electron chi connectivity index (χ3n) is 22.0. The average molecular weight is 1840 g/mol. The third kappa shape index (κ3) is 20.3. The van der Waals surface area contributed by atoms with Crippen LogP contribution in [0.5, 0.6) is 69.0 Å². The molecule has 8 aliphatic rings. The first kappa shape index (κ1) is 91.3. The van der Waals surface area contributed by atoms with E-state index in [-0.39, 0.29) is 46.7 Å². The van der Waals surface area contributed by atoms with Crippen molar-refractivity contribution in [2.24, 2.45) is 5.92 Å². The van der Waals surface area contributed by atoms with Gasteiger partial charge in [0.2, 0.25) is 59.7 Å². The Balaban J connectivity index is 1.04. The lowest BCUT2D eigenvalue weighted by molar-refractivity contribution is -0.277. The first-order chi connectivity index (χ1) is 59.7. The van der Waals surface area contributed by atoms with Crippen LogP contribution in [0.15, 0.2) is 115 Å². The number of phenolic OH excluding ortho intramolecular Hbond substituents is 4. The van der Waals surface area contributed by atoms with Crippen molar-refractivity contribution in [3.05, 3.63) is 164 Å². The number of ether oxygens (including phenoxy) is 8. The number of aliphatic carboxylic acids is 1. The number of benzene rings is 7. The molecule has 7 amide bonds. The van der Waals surface area contributed by atoms with E-state index in [1.54, 1.807) is 0 Å². The van der Waals surface area contributed by atoms with E-state index in [0.717, 1.165) is 105 Å². The number of carbonyl (C=O) groups is 9. The quantitative estimate of drug-likeness (QED) is 0.0270. The second-order valence-corrected chi connectivity index (χ2v) is 32.7. The molecule has 0 aliphatic carbocycles. The number of unbranched alkanes of at least 4 members (excludes halogenated alkanes) is 5. The summed E-state index contributed by atoms with van der Waals surface area (Å²) in [7, 11) is 1.43. The molecule has 666 valence electrons. The second kappa shape index (κ2) is 39.4. The summed E-state index contributed by atoms with van der Waals surface area (Å²) in [5.41, 5.74) is -3.20. The first-order valence-electron chi connectivity index (χ1n) is 39.9. The minimum absolute atomic E-state index is 0.0915. The lowest BCUT2D eigenvalue weighted by Gasteiger charge is -2.41. The molecule has 2 fully saturated rings.